The molecule has 2 aliphatic carbocycles. The van der Waals surface area contributed by atoms with Gasteiger partial charge in [0.1, 0.15) is 0 Å². The molecule has 4 unspecified atom stereocenters. The molecule has 3 N–H and O–H groups in total. The molecule has 34 heavy (non-hydrogen) atoms. The molecule has 2 aromatic carbocycles. The van der Waals surface area contributed by atoms with E-state index in [0.717, 1.165) is 6.07 Å². The van der Waals surface area contributed by atoms with Crippen LogP contribution in [-0.2, 0) is 9.84 Å². The molecule has 0 aromatic heterocycles. The minimum atomic E-state index is -4.02. The summed E-state index contributed by atoms with van der Waals surface area (Å²) in [6, 6.07) is 4.78. The molecule has 2 aromatic rings. The predicted octanol–water partition coefficient (Wildman–Crippen LogP) is 4.08. The van der Waals surface area contributed by atoms with Crippen molar-refractivity contribution >= 4 is 33.0 Å². The molecule has 2 fully saturated rings. The van der Waals surface area contributed by atoms with Gasteiger partial charge in [0.25, 0.3) is 5.91 Å². The first-order chi connectivity index (χ1) is 15.9. The second kappa shape index (κ2) is 8.82. The largest absolute Gasteiger partial charge is 0.390 e. The van der Waals surface area contributed by atoms with Crippen molar-refractivity contribution in [2.75, 3.05) is 5.32 Å². The third kappa shape index (κ3) is 4.10. The van der Waals surface area contributed by atoms with Crippen molar-refractivity contribution in [2.24, 2.45) is 11.8 Å². The normalized spacial score (nSPS) is 27.4. The van der Waals surface area contributed by atoms with Crippen LogP contribution in [0.5, 0.6) is 0 Å². The molecule has 0 aliphatic heterocycles. The first kappa shape index (κ1) is 25.0. The number of carbonyl (C=O) groups excluding carboxylic acids is 1. The van der Waals surface area contributed by atoms with Gasteiger partial charge in [-0.05, 0) is 62.6 Å². The van der Waals surface area contributed by atoms with Crippen LogP contribution in [0, 0.1) is 29.3 Å². The number of benzene rings is 2. The van der Waals surface area contributed by atoms with Gasteiger partial charge >= 0.3 is 0 Å². The monoisotopic (exact) mass is 517 g/mol. The SMILES string of the molecule is CC(O)C1(O)C2CC[C@H]1CC(S(=O)(=O)c1cc(C(=O)Nc3cc(F)c(F)c(F)c3)ccc1Cl)C2. The van der Waals surface area contributed by atoms with E-state index in [4.69, 9.17) is 11.6 Å². The molecular weight excluding hydrogens is 495 g/mol. The molecule has 0 saturated heterocycles. The van der Waals surface area contributed by atoms with E-state index >= 15 is 0 Å². The molecule has 0 heterocycles. The van der Waals surface area contributed by atoms with Crippen molar-refractivity contribution in [3.05, 3.63) is 58.4 Å². The van der Waals surface area contributed by atoms with Gasteiger partial charge in [-0.15, -0.1) is 0 Å². The maximum Gasteiger partial charge on any atom is 0.255 e. The maximum atomic E-state index is 13.5. The fourth-order valence-electron chi connectivity index (χ4n) is 5.35. The molecule has 2 saturated carbocycles. The number of hydrogen-bond donors (Lipinski definition) is 3. The van der Waals surface area contributed by atoms with Crippen molar-refractivity contribution in [1.29, 1.82) is 0 Å². The molecular formula is C23H23ClF3NO5S. The number of carbonyl (C=O) groups is 1. The highest BCUT2D eigenvalue weighted by Crippen LogP contribution is 2.53. The van der Waals surface area contributed by atoms with Gasteiger partial charge in [0.2, 0.25) is 0 Å². The predicted molar refractivity (Wildman–Crippen MR) is 119 cm³/mol. The van der Waals surface area contributed by atoms with Gasteiger partial charge in [0.15, 0.2) is 27.3 Å². The van der Waals surface area contributed by atoms with E-state index in [2.05, 4.69) is 5.32 Å². The number of fused-ring (bicyclic) bond motifs is 2. The number of anilines is 1. The van der Waals surface area contributed by atoms with E-state index in [1.54, 1.807) is 0 Å². The van der Waals surface area contributed by atoms with Crippen molar-refractivity contribution in [2.45, 2.75) is 54.5 Å². The molecule has 0 radical (unpaired) electrons. The number of amides is 1. The molecule has 11 heteroatoms. The first-order valence-electron chi connectivity index (χ1n) is 10.8. The highest BCUT2D eigenvalue weighted by Gasteiger charge is 2.57. The Morgan fingerprint density at radius 1 is 1.12 bits per heavy atom. The van der Waals surface area contributed by atoms with Gasteiger partial charge in [-0.2, -0.15) is 0 Å². The molecule has 2 bridgehead atoms. The van der Waals surface area contributed by atoms with Gasteiger partial charge in [-0.1, -0.05) is 11.6 Å². The van der Waals surface area contributed by atoms with Gasteiger partial charge in [-0.3, -0.25) is 4.79 Å². The minimum Gasteiger partial charge on any atom is -0.390 e. The van der Waals surface area contributed by atoms with Crippen molar-refractivity contribution in [3.63, 3.8) is 0 Å². The second-order valence-electron chi connectivity index (χ2n) is 9.03. The lowest BCUT2D eigenvalue weighted by Gasteiger charge is -2.44. The van der Waals surface area contributed by atoms with E-state index in [-0.39, 0.29) is 45.8 Å². The van der Waals surface area contributed by atoms with Crippen LogP contribution in [0.15, 0.2) is 35.2 Å². The van der Waals surface area contributed by atoms with Crippen LogP contribution in [0.2, 0.25) is 5.02 Å². The summed E-state index contributed by atoms with van der Waals surface area (Å²) in [5.74, 6) is -6.30. The summed E-state index contributed by atoms with van der Waals surface area (Å²) >= 11 is 6.18. The quantitative estimate of drug-likeness (QED) is 0.518. The summed E-state index contributed by atoms with van der Waals surface area (Å²) in [7, 11) is -4.02. The maximum absolute atomic E-state index is 13.5. The van der Waals surface area contributed by atoms with Crippen molar-refractivity contribution in [3.8, 4) is 0 Å². The van der Waals surface area contributed by atoms with E-state index in [0.29, 0.717) is 25.0 Å². The lowest BCUT2D eigenvalue weighted by molar-refractivity contribution is -0.134. The number of hydrogen-bond acceptors (Lipinski definition) is 5. The van der Waals surface area contributed by atoms with E-state index in [9.17, 15) is 36.6 Å². The Hall–Kier alpha value is -2.14. The summed E-state index contributed by atoms with van der Waals surface area (Å²) in [6.07, 6.45) is 0.478. The Morgan fingerprint density at radius 3 is 2.21 bits per heavy atom. The number of aliphatic hydroxyl groups is 2. The topological polar surface area (TPSA) is 104 Å². The Labute approximate surface area is 199 Å². The number of sulfone groups is 1. The zero-order valence-corrected chi connectivity index (χ0v) is 19.6. The Balaban J connectivity index is 1.60. The average molecular weight is 518 g/mol. The van der Waals surface area contributed by atoms with E-state index in [1.807, 2.05) is 0 Å². The van der Waals surface area contributed by atoms with Crippen LogP contribution in [0.1, 0.15) is 43.0 Å². The van der Waals surface area contributed by atoms with Crippen LogP contribution in [-0.4, -0.2) is 41.5 Å². The van der Waals surface area contributed by atoms with Crippen molar-refractivity contribution in [1.82, 2.24) is 0 Å². The van der Waals surface area contributed by atoms with Gasteiger partial charge in [-0.25, -0.2) is 21.6 Å². The number of nitrogens with one attached hydrogen (secondary N) is 1. The molecule has 1 amide bonds. The third-order valence-corrected chi connectivity index (χ3v) is 9.77. The third-order valence-electron chi connectivity index (χ3n) is 7.12. The van der Waals surface area contributed by atoms with E-state index in [1.165, 1.54) is 19.1 Å². The zero-order chi connectivity index (χ0) is 25.0. The van der Waals surface area contributed by atoms with Crippen LogP contribution >= 0.6 is 11.6 Å². The number of aliphatic hydroxyl groups excluding tert-OH is 1. The van der Waals surface area contributed by atoms with Crippen LogP contribution < -0.4 is 5.32 Å². The highest BCUT2D eigenvalue weighted by atomic mass is 35.5. The highest BCUT2D eigenvalue weighted by molar-refractivity contribution is 7.92. The second-order valence-corrected chi connectivity index (χ2v) is 11.6. The molecule has 6 nitrogen and oxygen atoms in total. The van der Waals surface area contributed by atoms with Crippen LogP contribution in [0.4, 0.5) is 18.9 Å². The summed E-state index contributed by atoms with van der Waals surface area (Å²) in [4.78, 5) is 12.3. The summed E-state index contributed by atoms with van der Waals surface area (Å²) in [5, 5.41) is 22.3. The minimum absolute atomic E-state index is 0.0980. The first-order valence-corrected chi connectivity index (χ1v) is 12.7. The fraction of sp³-hybridized carbons (Fsp3) is 0.435. The Bertz CT molecular complexity index is 1220. The Morgan fingerprint density at radius 2 is 1.68 bits per heavy atom. The van der Waals surface area contributed by atoms with Crippen LogP contribution in [0.3, 0.4) is 0 Å². The lowest BCUT2D eigenvalue weighted by atomic mass is 9.71. The fourth-order valence-corrected chi connectivity index (χ4v) is 7.75. The summed E-state index contributed by atoms with van der Waals surface area (Å²) < 4.78 is 67.0. The molecule has 4 rings (SSSR count). The average Bonchev–Trinajstić information content (AvgIpc) is 2.94. The number of halogens is 4. The lowest BCUT2D eigenvalue weighted by Crippen LogP contribution is -2.54. The molecule has 2 aliphatic rings. The van der Waals surface area contributed by atoms with Gasteiger partial charge in [0, 0.05) is 23.4 Å². The number of rotatable bonds is 5. The van der Waals surface area contributed by atoms with Crippen molar-refractivity contribution < 1.29 is 36.6 Å². The molecule has 0 spiro atoms. The standard InChI is InChI=1S/C23H23ClF3NO5S/c1-11(29)23(31)13-3-4-14(23)8-16(7-13)34(32,33)20-6-12(2-5-17(20)24)22(30)28-15-9-18(25)21(27)19(26)10-15/h2,5-6,9-11,13-14,16,29,31H,3-4,7-8H2,1H3,(H,28,30)/t11?,13-,14?,16?,23?/m0/s1. The molecule has 5 atom stereocenters. The van der Waals surface area contributed by atoms with E-state index < -0.39 is 50.2 Å². The molecule has 184 valence electrons. The van der Waals surface area contributed by atoms with Crippen LogP contribution in [0.25, 0.3) is 0 Å². The zero-order valence-electron chi connectivity index (χ0n) is 18.1. The Kier molecular flexibility index (Phi) is 6.48. The van der Waals surface area contributed by atoms with Gasteiger partial charge < -0.3 is 15.5 Å². The van der Waals surface area contributed by atoms with Gasteiger partial charge in [0.05, 0.1) is 26.9 Å². The summed E-state index contributed by atoms with van der Waals surface area (Å²) in [5.41, 5.74) is -1.81. The summed E-state index contributed by atoms with van der Waals surface area (Å²) in [6.45, 7) is 1.50. The smallest absolute Gasteiger partial charge is 0.255 e.